The van der Waals surface area contributed by atoms with Crippen molar-refractivity contribution in [2.45, 2.75) is 12.5 Å². The number of aliphatic hydroxyl groups is 1. The molecule has 0 amide bonds. The van der Waals surface area contributed by atoms with E-state index in [-0.39, 0.29) is 12.6 Å². The van der Waals surface area contributed by atoms with Crippen molar-refractivity contribution >= 4 is 5.69 Å². The van der Waals surface area contributed by atoms with Gasteiger partial charge in [0.2, 0.25) is 0 Å². The molecule has 0 radical (unpaired) electrons. The number of aliphatic hydroxyl groups excluding tert-OH is 1. The highest BCUT2D eigenvalue weighted by Gasteiger charge is 2.14. The highest BCUT2D eigenvalue weighted by atomic mass is 16.3. The van der Waals surface area contributed by atoms with Gasteiger partial charge in [0.25, 0.3) is 0 Å². The quantitative estimate of drug-likeness (QED) is 0.671. The Morgan fingerprint density at radius 3 is 3.08 bits per heavy atom. The Hall–Kier alpha value is -1.22. The maximum absolute atomic E-state index is 8.86. The highest BCUT2D eigenvalue weighted by Crippen LogP contribution is 2.25. The van der Waals surface area contributed by atoms with Gasteiger partial charge in [-0.1, -0.05) is 18.2 Å². The first kappa shape index (κ1) is 7.43. The second-order valence-corrected chi connectivity index (χ2v) is 2.88. The monoisotopic (exact) mass is 162 g/mol. The summed E-state index contributed by atoms with van der Waals surface area (Å²) < 4.78 is 0. The van der Waals surface area contributed by atoms with Gasteiger partial charge in [0.15, 0.2) is 0 Å². The van der Waals surface area contributed by atoms with Gasteiger partial charge >= 0.3 is 0 Å². The largest absolute Gasteiger partial charge is 0.394 e. The Bertz CT molecular complexity index is 309. The lowest BCUT2D eigenvalue weighted by molar-refractivity contribution is 0.261. The van der Waals surface area contributed by atoms with Crippen LogP contribution < -0.4 is 0 Å². The average Bonchev–Trinajstić information content (AvgIpc) is 2.17. The van der Waals surface area contributed by atoms with Gasteiger partial charge in [-0.3, -0.25) is 0 Å². The molecule has 0 aliphatic carbocycles. The summed E-state index contributed by atoms with van der Waals surface area (Å²) >= 11 is 0. The fraction of sp³-hybridized carbons (Fsp3) is 0.333. The molecule has 1 heterocycles. The second kappa shape index (κ2) is 3.03. The van der Waals surface area contributed by atoms with Crippen LogP contribution in [0.25, 0.3) is 0 Å². The molecule has 0 aromatic heterocycles. The number of hydrogen-bond donors (Lipinski definition) is 1. The molecule has 3 nitrogen and oxygen atoms in total. The lowest BCUT2D eigenvalue weighted by Crippen LogP contribution is -2.15. The summed E-state index contributed by atoms with van der Waals surface area (Å²) in [6, 6.07) is 7.84. The third-order valence-corrected chi connectivity index (χ3v) is 1.99. The van der Waals surface area contributed by atoms with Gasteiger partial charge in [-0.15, -0.1) is 0 Å². The molecular weight excluding hydrogens is 152 g/mol. The SMILES string of the molecule is OCC1Cc2ccccc2N=N1. The van der Waals surface area contributed by atoms with Gasteiger partial charge in [-0.25, -0.2) is 0 Å². The van der Waals surface area contributed by atoms with E-state index in [4.69, 9.17) is 5.11 Å². The molecule has 1 aliphatic rings. The molecule has 1 aromatic carbocycles. The van der Waals surface area contributed by atoms with Gasteiger partial charge in [0.1, 0.15) is 0 Å². The molecule has 3 heteroatoms. The summed E-state index contributed by atoms with van der Waals surface area (Å²) in [7, 11) is 0. The van der Waals surface area contributed by atoms with Crippen LogP contribution in [0.15, 0.2) is 34.5 Å². The zero-order valence-corrected chi connectivity index (χ0v) is 6.64. The molecule has 0 bridgehead atoms. The molecule has 0 saturated carbocycles. The Morgan fingerprint density at radius 2 is 2.25 bits per heavy atom. The minimum absolute atomic E-state index is 0.0418. The van der Waals surface area contributed by atoms with Gasteiger partial charge in [-0.05, 0) is 11.6 Å². The maximum atomic E-state index is 8.86. The number of azo groups is 1. The fourth-order valence-electron chi connectivity index (χ4n) is 1.32. The molecule has 1 unspecified atom stereocenters. The van der Waals surface area contributed by atoms with E-state index in [1.54, 1.807) is 0 Å². The first-order valence-corrected chi connectivity index (χ1v) is 4.00. The molecule has 1 atom stereocenters. The van der Waals surface area contributed by atoms with E-state index in [1.807, 2.05) is 24.3 Å². The summed E-state index contributed by atoms with van der Waals surface area (Å²) in [6.45, 7) is 0.0812. The standard InChI is InChI=1S/C9H10N2O/c12-6-8-5-7-3-1-2-4-9(7)11-10-8/h1-4,8,12H,5-6H2. The second-order valence-electron chi connectivity index (χ2n) is 2.88. The lowest BCUT2D eigenvalue weighted by atomic mass is 10.0. The smallest absolute Gasteiger partial charge is 0.0983 e. The third kappa shape index (κ3) is 1.23. The number of rotatable bonds is 1. The number of hydrogen-bond acceptors (Lipinski definition) is 3. The van der Waals surface area contributed by atoms with E-state index in [1.165, 1.54) is 5.56 Å². The first-order chi connectivity index (χ1) is 5.90. The molecule has 0 saturated heterocycles. The van der Waals surface area contributed by atoms with Gasteiger partial charge in [0.05, 0.1) is 18.3 Å². The van der Waals surface area contributed by atoms with Crippen molar-refractivity contribution in [3.05, 3.63) is 29.8 Å². The van der Waals surface area contributed by atoms with Crippen LogP contribution >= 0.6 is 0 Å². The van der Waals surface area contributed by atoms with Crippen LogP contribution in [0.5, 0.6) is 0 Å². The Labute approximate surface area is 70.8 Å². The Kier molecular flexibility index (Phi) is 1.87. The minimum Gasteiger partial charge on any atom is -0.394 e. The average molecular weight is 162 g/mol. The topological polar surface area (TPSA) is 45.0 Å². The van der Waals surface area contributed by atoms with Crippen molar-refractivity contribution in [1.82, 2.24) is 0 Å². The number of benzene rings is 1. The van der Waals surface area contributed by atoms with Crippen molar-refractivity contribution < 1.29 is 5.11 Å². The zero-order chi connectivity index (χ0) is 8.39. The van der Waals surface area contributed by atoms with Gasteiger partial charge in [0, 0.05) is 6.42 Å². The summed E-state index contributed by atoms with van der Waals surface area (Å²) in [5, 5.41) is 16.8. The van der Waals surface area contributed by atoms with E-state index >= 15 is 0 Å². The predicted molar refractivity (Wildman–Crippen MR) is 45.5 cm³/mol. The van der Waals surface area contributed by atoms with Crippen LogP contribution in [0.1, 0.15) is 5.56 Å². The summed E-state index contributed by atoms with van der Waals surface area (Å²) in [6.07, 6.45) is 0.802. The van der Waals surface area contributed by atoms with Crippen LogP contribution in [-0.4, -0.2) is 17.8 Å². The van der Waals surface area contributed by atoms with Crippen LogP contribution in [0, 0.1) is 0 Å². The predicted octanol–water partition coefficient (Wildman–Crippen LogP) is 1.69. The van der Waals surface area contributed by atoms with Crippen LogP contribution in [0.4, 0.5) is 5.69 Å². The van der Waals surface area contributed by atoms with Crippen LogP contribution in [0.3, 0.4) is 0 Å². The summed E-state index contributed by atoms with van der Waals surface area (Å²) in [5.41, 5.74) is 2.11. The van der Waals surface area contributed by atoms with Gasteiger partial charge in [-0.2, -0.15) is 10.2 Å². The molecule has 1 aliphatic heterocycles. The summed E-state index contributed by atoms with van der Waals surface area (Å²) in [5.74, 6) is 0. The fourth-order valence-corrected chi connectivity index (χ4v) is 1.32. The van der Waals surface area contributed by atoms with Crippen molar-refractivity contribution in [2.75, 3.05) is 6.61 Å². The van der Waals surface area contributed by atoms with Crippen molar-refractivity contribution in [3.8, 4) is 0 Å². The van der Waals surface area contributed by atoms with E-state index in [0.29, 0.717) is 0 Å². The lowest BCUT2D eigenvalue weighted by Gasteiger charge is -2.14. The maximum Gasteiger partial charge on any atom is 0.0983 e. The van der Waals surface area contributed by atoms with Gasteiger partial charge < -0.3 is 5.11 Å². The minimum atomic E-state index is -0.0418. The van der Waals surface area contributed by atoms with Crippen LogP contribution in [0.2, 0.25) is 0 Å². The van der Waals surface area contributed by atoms with Crippen molar-refractivity contribution in [1.29, 1.82) is 0 Å². The molecule has 62 valence electrons. The van der Waals surface area contributed by atoms with Crippen LogP contribution in [-0.2, 0) is 6.42 Å². The molecule has 2 rings (SSSR count). The van der Waals surface area contributed by atoms with E-state index in [2.05, 4.69) is 10.2 Å². The number of fused-ring (bicyclic) bond motifs is 1. The number of nitrogens with zero attached hydrogens (tertiary/aromatic N) is 2. The molecule has 0 fully saturated rings. The molecule has 1 N–H and O–H groups in total. The van der Waals surface area contributed by atoms with E-state index in [0.717, 1.165) is 12.1 Å². The Morgan fingerprint density at radius 1 is 1.42 bits per heavy atom. The first-order valence-electron chi connectivity index (χ1n) is 4.00. The molecule has 12 heavy (non-hydrogen) atoms. The van der Waals surface area contributed by atoms with Crippen molar-refractivity contribution in [2.24, 2.45) is 10.2 Å². The zero-order valence-electron chi connectivity index (χ0n) is 6.64. The molecule has 0 spiro atoms. The third-order valence-electron chi connectivity index (χ3n) is 1.99. The summed E-state index contributed by atoms with van der Waals surface area (Å²) in [4.78, 5) is 0. The van der Waals surface area contributed by atoms with Crippen molar-refractivity contribution in [3.63, 3.8) is 0 Å². The molecular formula is C9H10N2O. The Balaban J connectivity index is 2.33. The van der Waals surface area contributed by atoms with E-state index < -0.39 is 0 Å². The molecule has 1 aromatic rings. The highest BCUT2D eigenvalue weighted by molar-refractivity contribution is 5.46. The normalized spacial score (nSPS) is 20.6. The van der Waals surface area contributed by atoms with E-state index in [9.17, 15) is 0 Å².